The Balaban J connectivity index is 1.95. The van der Waals surface area contributed by atoms with Crippen molar-refractivity contribution >= 4 is 23.2 Å². The smallest absolute Gasteiger partial charge is 0.238 e. The molecule has 1 aliphatic rings. The fourth-order valence-corrected chi connectivity index (χ4v) is 3.22. The molecule has 1 heterocycles. The van der Waals surface area contributed by atoms with E-state index in [1.54, 1.807) is 0 Å². The quantitative estimate of drug-likeness (QED) is 0.898. The number of anilines is 1. The Morgan fingerprint density at radius 2 is 2.05 bits per heavy atom. The first-order valence-electron chi connectivity index (χ1n) is 7.45. The Labute approximate surface area is 131 Å². The first-order chi connectivity index (χ1) is 9.97. The minimum absolute atomic E-state index is 0.00937. The third-order valence-corrected chi connectivity index (χ3v) is 4.32. The van der Waals surface area contributed by atoms with E-state index in [-0.39, 0.29) is 5.91 Å². The SMILES string of the molecule is Cc1cc(C)c(NC(=O)CN(C)C2CCNCC2)c(Cl)c1. The number of aryl methyl sites for hydroxylation is 2. The van der Waals surface area contributed by atoms with Crippen molar-refractivity contribution in [2.45, 2.75) is 32.7 Å². The highest BCUT2D eigenvalue weighted by atomic mass is 35.5. The van der Waals surface area contributed by atoms with E-state index in [2.05, 4.69) is 15.5 Å². The number of carbonyl (C=O) groups is 1. The van der Waals surface area contributed by atoms with Crippen molar-refractivity contribution in [2.75, 3.05) is 32.0 Å². The van der Waals surface area contributed by atoms with E-state index in [0.717, 1.165) is 42.7 Å². The molecule has 5 heteroatoms. The van der Waals surface area contributed by atoms with Gasteiger partial charge in [-0.15, -0.1) is 0 Å². The third kappa shape index (κ3) is 4.43. The number of nitrogens with one attached hydrogen (secondary N) is 2. The van der Waals surface area contributed by atoms with E-state index >= 15 is 0 Å². The standard InChI is InChI=1S/C16H24ClN3O/c1-11-8-12(2)16(14(17)9-11)19-15(21)10-20(3)13-4-6-18-7-5-13/h8-9,13,18H,4-7,10H2,1-3H3,(H,19,21). The molecule has 2 N–H and O–H groups in total. The van der Waals surface area contributed by atoms with Gasteiger partial charge in [0.05, 0.1) is 17.3 Å². The van der Waals surface area contributed by atoms with Crippen LogP contribution in [0, 0.1) is 13.8 Å². The maximum absolute atomic E-state index is 12.2. The van der Waals surface area contributed by atoms with Crippen LogP contribution in [0.1, 0.15) is 24.0 Å². The Kier molecular flexibility index (Phi) is 5.62. The van der Waals surface area contributed by atoms with Gasteiger partial charge < -0.3 is 10.6 Å². The number of carbonyl (C=O) groups excluding carboxylic acids is 1. The number of amides is 1. The predicted molar refractivity (Wildman–Crippen MR) is 88.1 cm³/mol. The van der Waals surface area contributed by atoms with Crippen molar-refractivity contribution in [1.82, 2.24) is 10.2 Å². The number of likely N-dealkylation sites (N-methyl/N-ethyl adjacent to an activating group) is 1. The lowest BCUT2D eigenvalue weighted by molar-refractivity contribution is -0.117. The largest absolute Gasteiger partial charge is 0.323 e. The van der Waals surface area contributed by atoms with Gasteiger partial charge in [-0.3, -0.25) is 9.69 Å². The molecule has 1 aromatic carbocycles. The minimum atomic E-state index is -0.00937. The summed E-state index contributed by atoms with van der Waals surface area (Å²) < 4.78 is 0. The molecule has 0 spiro atoms. The van der Waals surface area contributed by atoms with Crippen molar-refractivity contribution in [3.63, 3.8) is 0 Å². The van der Waals surface area contributed by atoms with Crippen LogP contribution in [0.3, 0.4) is 0 Å². The van der Waals surface area contributed by atoms with Gasteiger partial charge in [0.2, 0.25) is 5.91 Å². The summed E-state index contributed by atoms with van der Waals surface area (Å²) in [5.41, 5.74) is 2.83. The molecule has 1 fully saturated rings. The van der Waals surface area contributed by atoms with Crippen LogP contribution in [0.25, 0.3) is 0 Å². The summed E-state index contributed by atoms with van der Waals surface area (Å²) in [5, 5.41) is 6.89. The van der Waals surface area contributed by atoms with Crippen LogP contribution in [0.15, 0.2) is 12.1 Å². The molecular weight excluding hydrogens is 286 g/mol. The van der Waals surface area contributed by atoms with Crippen LogP contribution in [-0.4, -0.2) is 43.5 Å². The van der Waals surface area contributed by atoms with Crippen LogP contribution >= 0.6 is 11.6 Å². The van der Waals surface area contributed by atoms with Gasteiger partial charge in [0.15, 0.2) is 0 Å². The molecule has 0 unspecified atom stereocenters. The maximum Gasteiger partial charge on any atom is 0.238 e. The van der Waals surface area contributed by atoms with E-state index in [1.165, 1.54) is 0 Å². The van der Waals surface area contributed by atoms with Gasteiger partial charge in [-0.25, -0.2) is 0 Å². The van der Waals surface area contributed by atoms with Gasteiger partial charge in [-0.05, 0) is 64.0 Å². The van der Waals surface area contributed by atoms with Crippen molar-refractivity contribution in [3.8, 4) is 0 Å². The Morgan fingerprint density at radius 3 is 2.67 bits per heavy atom. The number of piperidine rings is 1. The van der Waals surface area contributed by atoms with Crippen molar-refractivity contribution < 1.29 is 4.79 Å². The first kappa shape index (κ1) is 16.3. The van der Waals surface area contributed by atoms with Crippen molar-refractivity contribution in [1.29, 1.82) is 0 Å². The highest BCUT2D eigenvalue weighted by molar-refractivity contribution is 6.34. The number of hydrogen-bond acceptors (Lipinski definition) is 3. The molecule has 1 amide bonds. The van der Waals surface area contributed by atoms with Gasteiger partial charge in [-0.1, -0.05) is 17.7 Å². The van der Waals surface area contributed by atoms with Gasteiger partial charge in [0, 0.05) is 6.04 Å². The molecule has 0 radical (unpaired) electrons. The predicted octanol–water partition coefficient (Wildman–Crippen LogP) is 2.58. The van der Waals surface area contributed by atoms with Crippen LogP contribution in [-0.2, 0) is 4.79 Å². The second kappa shape index (κ2) is 7.25. The number of halogens is 1. The van der Waals surface area contributed by atoms with E-state index < -0.39 is 0 Å². The number of rotatable bonds is 4. The Bertz CT molecular complexity index is 489. The maximum atomic E-state index is 12.2. The summed E-state index contributed by atoms with van der Waals surface area (Å²) in [6.07, 6.45) is 2.18. The fourth-order valence-electron chi connectivity index (χ4n) is 2.86. The Hall–Kier alpha value is -1.10. The molecule has 116 valence electrons. The summed E-state index contributed by atoms with van der Waals surface area (Å²) in [6.45, 7) is 6.41. The van der Waals surface area contributed by atoms with E-state index in [9.17, 15) is 4.79 Å². The van der Waals surface area contributed by atoms with Gasteiger partial charge >= 0.3 is 0 Å². The molecule has 0 aliphatic carbocycles. The van der Waals surface area contributed by atoms with Crippen LogP contribution < -0.4 is 10.6 Å². The average Bonchev–Trinajstić information content (AvgIpc) is 2.43. The van der Waals surface area contributed by atoms with Crippen molar-refractivity contribution in [3.05, 3.63) is 28.3 Å². The Morgan fingerprint density at radius 1 is 1.38 bits per heavy atom. The second-order valence-corrected chi connectivity index (χ2v) is 6.29. The monoisotopic (exact) mass is 309 g/mol. The lowest BCUT2D eigenvalue weighted by Gasteiger charge is -2.31. The highest BCUT2D eigenvalue weighted by Gasteiger charge is 2.20. The van der Waals surface area contributed by atoms with Gasteiger partial charge in [-0.2, -0.15) is 0 Å². The van der Waals surface area contributed by atoms with Crippen LogP contribution in [0.4, 0.5) is 5.69 Å². The topological polar surface area (TPSA) is 44.4 Å². The molecule has 1 aromatic rings. The van der Waals surface area contributed by atoms with E-state index in [1.807, 2.05) is 33.0 Å². The summed E-state index contributed by atoms with van der Waals surface area (Å²) in [7, 11) is 2.01. The molecule has 0 saturated carbocycles. The molecule has 2 rings (SSSR count). The highest BCUT2D eigenvalue weighted by Crippen LogP contribution is 2.27. The molecular formula is C16H24ClN3O. The van der Waals surface area contributed by atoms with Crippen molar-refractivity contribution in [2.24, 2.45) is 0 Å². The van der Waals surface area contributed by atoms with Crippen LogP contribution in [0.5, 0.6) is 0 Å². The summed E-state index contributed by atoms with van der Waals surface area (Å²) in [5.74, 6) is -0.00937. The fraction of sp³-hybridized carbons (Fsp3) is 0.562. The summed E-state index contributed by atoms with van der Waals surface area (Å²) in [4.78, 5) is 14.4. The van der Waals surface area contributed by atoms with Crippen LogP contribution in [0.2, 0.25) is 5.02 Å². The number of nitrogens with zero attached hydrogens (tertiary/aromatic N) is 1. The molecule has 1 aliphatic heterocycles. The summed E-state index contributed by atoms with van der Waals surface area (Å²) in [6, 6.07) is 4.38. The van der Waals surface area contributed by atoms with Gasteiger partial charge in [0.25, 0.3) is 0 Å². The van der Waals surface area contributed by atoms with E-state index in [4.69, 9.17) is 11.6 Å². The van der Waals surface area contributed by atoms with Gasteiger partial charge in [0.1, 0.15) is 0 Å². The molecule has 21 heavy (non-hydrogen) atoms. The average molecular weight is 310 g/mol. The number of benzene rings is 1. The summed E-state index contributed by atoms with van der Waals surface area (Å²) >= 11 is 6.23. The molecule has 4 nitrogen and oxygen atoms in total. The lowest BCUT2D eigenvalue weighted by atomic mass is 10.1. The first-order valence-corrected chi connectivity index (χ1v) is 7.82. The zero-order valence-corrected chi connectivity index (χ0v) is 13.8. The number of hydrogen-bond donors (Lipinski definition) is 2. The molecule has 0 bridgehead atoms. The van der Waals surface area contributed by atoms with E-state index in [0.29, 0.717) is 17.6 Å². The zero-order chi connectivity index (χ0) is 15.4. The normalized spacial score (nSPS) is 16.2. The second-order valence-electron chi connectivity index (χ2n) is 5.88. The molecule has 0 aromatic heterocycles. The molecule has 1 saturated heterocycles. The lowest BCUT2D eigenvalue weighted by Crippen LogP contribution is -2.44. The molecule has 0 atom stereocenters. The third-order valence-electron chi connectivity index (χ3n) is 4.02. The zero-order valence-electron chi connectivity index (χ0n) is 13.0. The minimum Gasteiger partial charge on any atom is -0.323 e.